The van der Waals surface area contributed by atoms with Crippen molar-refractivity contribution in [2.45, 2.75) is 31.8 Å². The van der Waals surface area contributed by atoms with Crippen LogP contribution in [0.5, 0.6) is 0 Å². The SMILES string of the molecule is Cc1cn([C@H]2C[C@H](F)C(CS)O2)c(=O)[nH]c1=O. The van der Waals surface area contributed by atoms with E-state index in [0.29, 0.717) is 5.56 Å². The molecule has 0 amide bonds. The molecule has 0 spiro atoms. The number of aromatic nitrogens is 2. The van der Waals surface area contributed by atoms with Crippen LogP contribution in [-0.4, -0.2) is 27.6 Å². The third-order valence-electron chi connectivity index (χ3n) is 2.80. The second-order valence-corrected chi connectivity index (χ2v) is 4.41. The van der Waals surface area contributed by atoms with Crippen molar-refractivity contribution in [1.29, 1.82) is 0 Å². The molecule has 2 heterocycles. The zero-order valence-corrected chi connectivity index (χ0v) is 10.1. The molecule has 0 aliphatic carbocycles. The Hall–Kier alpha value is -1.08. The average molecular weight is 260 g/mol. The Morgan fingerprint density at radius 1 is 1.65 bits per heavy atom. The molecular weight excluding hydrogens is 247 g/mol. The highest BCUT2D eigenvalue weighted by atomic mass is 32.1. The smallest absolute Gasteiger partial charge is 0.330 e. The van der Waals surface area contributed by atoms with Crippen LogP contribution in [0, 0.1) is 6.92 Å². The fraction of sp³-hybridized carbons (Fsp3) is 0.600. The minimum Gasteiger partial charge on any atom is -0.351 e. The van der Waals surface area contributed by atoms with Crippen LogP contribution in [0.4, 0.5) is 4.39 Å². The lowest BCUT2D eigenvalue weighted by atomic mass is 10.2. The number of thiol groups is 1. The van der Waals surface area contributed by atoms with Crippen LogP contribution in [0.1, 0.15) is 18.2 Å². The van der Waals surface area contributed by atoms with Crippen molar-refractivity contribution in [2.24, 2.45) is 0 Å². The highest BCUT2D eigenvalue weighted by molar-refractivity contribution is 7.80. The topological polar surface area (TPSA) is 64.1 Å². The van der Waals surface area contributed by atoms with Gasteiger partial charge in [0.15, 0.2) is 0 Å². The lowest BCUT2D eigenvalue weighted by Gasteiger charge is -2.14. The third-order valence-corrected chi connectivity index (χ3v) is 3.16. The maximum atomic E-state index is 13.5. The number of H-pyrrole nitrogens is 1. The Labute approximate surface area is 102 Å². The molecule has 0 bridgehead atoms. The molecule has 1 aliphatic heterocycles. The Morgan fingerprint density at radius 3 is 2.94 bits per heavy atom. The van der Waals surface area contributed by atoms with Gasteiger partial charge in [0.25, 0.3) is 5.56 Å². The Kier molecular flexibility index (Phi) is 3.39. The van der Waals surface area contributed by atoms with Gasteiger partial charge < -0.3 is 4.74 Å². The van der Waals surface area contributed by atoms with Crippen LogP contribution in [0.2, 0.25) is 0 Å². The van der Waals surface area contributed by atoms with Crippen LogP contribution in [0.3, 0.4) is 0 Å². The van der Waals surface area contributed by atoms with Crippen LogP contribution in [0.25, 0.3) is 0 Å². The first-order valence-corrected chi connectivity index (χ1v) is 5.88. The molecule has 1 N–H and O–H groups in total. The Balaban J connectivity index is 2.34. The summed E-state index contributed by atoms with van der Waals surface area (Å²) in [6, 6.07) is 0. The van der Waals surface area contributed by atoms with Gasteiger partial charge in [0.05, 0.1) is 0 Å². The largest absolute Gasteiger partial charge is 0.351 e. The number of nitrogens with zero attached hydrogens (tertiary/aromatic N) is 1. The monoisotopic (exact) mass is 260 g/mol. The molecular formula is C10H13FN2O3S. The summed E-state index contributed by atoms with van der Waals surface area (Å²) in [4.78, 5) is 24.9. The summed E-state index contributed by atoms with van der Waals surface area (Å²) in [5.74, 6) is 0.259. The zero-order valence-electron chi connectivity index (χ0n) is 9.22. The number of ether oxygens (including phenoxy) is 1. The lowest BCUT2D eigenvalue weighted by molar-refractivity contribution is 0.00180. The molecule has 3 atom stereocenters. The first kappa shape index (κ1) is 12.4. The average Bonchev–Trinajstić information content (AvgIpc) is 2.65. The van der Waals surface area contributed by atoms with Crippen molar-refractivity contribution in [3.8, 4) is 0 Å². The molecule has 17 heavy (non-hydrogen) atoms. The molecule has 5 nitrogen and oxygen atoms in total. The predicted octanol–water partition coefficient (Wildman–Crippen LogP) is 0.400. The number of nitrogens with one attached hydrogen (secondary N) is 1. The normalized spacial score (nSPS) is 28.5. The van der Waals surface area contributed by atoms with E-state index < -0.39 is 29.8 Å². The molecule has 1 aromatic rings. The van der Waals surface area contributed by atoms with E-state index in [2.05, 4.69) is 17.6 Å². The van der Waals surface area contributed by atoms with Crippen LogP contribution in [-0.2, 0) is 4.74 Å². The minimum absolute atomic E-state index is 0.0939. The van der Waals surface area contributed by atoms with Crippen LogP contribution >= 0.6 is 12.6 Å². The van der Waals surface area contributed by atoms with Gasteiger partial charge in [-0.05, 0) is 6.92 Å². The molecule has 1 saturated heterocycles. The standard InChI is InChI=1S/C10H13FN2O3S/c1-5-3-13(10(15)12-9(5)14)8-2-6(11)7(4-17)16-8/h3,6-8,17H,2,4H2,1H3,(H,12,14,15)/t6-,7?,8+/m0/s1. The van der Waals surface area contributed by atoms with Crippen LogP contribution in [0.15, 0.2) is 15.8 Å². The number of alkyl halides is 1. The summed E-state index contributed by atoms with van der Waals surface area (Å²) in [6.45, 7) is 1.58. The summed E-state index contributed by atoms with van der Waals surface area (Å²) >= 11 is 3.98. The fourth-order valence-corrected chi connectivity index (χ4v) is 2.14. The van der Waals surface area contributed by atoms with E-state index >= 15 is 0 Å². The van der Waals surface area contributed by atoms with Gasteiger partial charge in [-0.15, -0.1) is 0 Å². The highest BCUT2D eigenvalue weighted by Gasteiger charge is 2.35. The van der Waals surface area contributed by atoms with Gasteiger partial charge in [-0.1, -0.05) is 0 Å². The molecule has 1 fully saturated rings. The molecule has 2 rings (SSSR count). The van der Waals surface area contributed by atoms with E-state index in [1.165, 1.54) is 10.8 Å². The molecule has 0 saturated carbocycles. The van der Waals surface area contributed by atoms with Gasteiger partial charge in [0.1, 0.15) is 18.5 Å². The van der Waals surface area contributed by atoms with Gasteiger partial charge in [0, 0.05) is 23.9 Å². The van der Waals surface area contributed by atoms with E-state index in [9.17, 15) is 14.0 Å². The van der Waals surface area contributed by atoms with Crippen molar-refractivity contribution in [1.82, 2.24) is 9.55 Å². The number of aromatic amines is 1. The summed E-state index contributed by atoms with van der Waals surface area (Å²) in [5, 5.41) is 0. The quantitative estimate of drug-likeness (QED) is 0.757. The summed E-state index contributed by atoms with van der Waals surface area (Å²) in [6.07, 6.45) is -0.944. The van der Waals surface area contributed by atoms with E-state index in [0.717, 1.165) is 0 Å². The van der Waals surface area contributed by atoms with Crippen molar-refractivity contribution < 1.29 is 9.13 Å². The number of hydrogen-bond acceptors (Lipinski definition) is 4. The first-order chi connectivity index (χ1) is 8.02. The predicted molar refractivity (Wildman–Crippen MR) is 63.3 cm³/mol. The van der Waals surface area contributed by atoms with E-state index in [1.54, 1.807) is 6.92 Å². The zero-order chi connectivity index (χ0) is 12.6. The Morgan fingerprint density at radius 2 is 2.35 bits per heavy atom. The van der Waals surface area contributed by atoms with Crippen LogP contribution < -0.4 is 11.2 Å². The van der Waals surface area contributed by atoms with Crippen molar-refractivity contribution in [2.75, 3.05) is 5.75 Å². The lowest BCUT2D eigenvalue weighted by Crippen LogP contribution is -2.33. The van der Waals surface area contributed by atoms with Gasteiger partial charge in [-0.3, -0.25) is 14.3 Å². The molecule has 1 aliphatic rings. The summed E-state index contributed by atoms with van der Waals surface area (Å²) in [7, 11) is 0. The molecule has 7 heteroatoms. The number of aryl methyl sites for hydroxylation is 1. The maximum absolute atomic E-state index is 13.5. The number of hydrogen-bond donors (Lipinski definition) is 2. The van der Waals surface area contributed by atoms with Crippen molar-refractivity contribution in [3.05, 3.63) is 32.6 Å². The molecule has 0 radical (unpaired) electrons. The van der Waals surface area contributed by atoms with E-state index in [1.807, 2.05) is 0 Å². The second-order valence-electron chi connectivity index (χ2n) is 4.04. The third kappa shape index (κ3) is 2.30. The second kappa shape index (κ2) is 4.66. The van der Waals surface area contributed by atoms with E-state index in [4.69, 9.17) is 4.74 Å². The molecule has 94 valence electrons. The van der Waals surface area contributed by atoms with Gasteiger partial charge >= 0.3 is 5.69 Å². The number of halogens is 1. The van der Waals surface area contributed by atoms with Crippen molar-refractivity contribution in [3.63, 3.8) is 0 Å². The number of rotatable bonds is 2. The summed E-state index contributed by atoms with van der Waals surface area (Å²) < 4.78 is 20.1. The molecule has 1 aromatic heterocycles. The van der Waals surface area contributed by atoms with E-state index in [-0.39, 0.29) is 12.2 Å². The van der Waals surface area contributed by atoms with Gasteiger partial charge in [-0.25, -0.2) is 9.18 Å². The summed E-state index contributed by atoms with van der Waals surface area (Å²) in [5.41, 5.74) is -0.637. The van der Waals surface area contributed by atoms with Crippen molar-refractivity contribution >= 4 is 12.6 Å². The van der Waals surface area contributed by atoms with Gasteiger partial charge in [0.2, 0.25) is 0 Å². The fourth-order valence-electron chi connectivity index (χ4n) is 1.82. The molecule has 1 unspecified atom stereocenters. The minimum atomic E-state index is -1.14. The Bertz CT molecular complexity index is 527. The maximum Gasteiger partial charge on any atom is 0.330 e. The molecule has 0 aromatic carbocycles. The first-order valence-electron chi connectivity index (χ1n) is 5.25. The van der Waals surface area contributed by atoms with Gasteiger partial charge in [-0.2, -0.15) is 12.6 Å². The highest BCUT2D eigenvalue weighted by Crippen LogP contribution is 2.30.